The number of pyridine rings is 1. The van der Waals surface area contributed by atoms with E-state index >= 15 is 0 Å². The topological polar surface area (TPSA) is 59.4 Å². The number of aromatic nitrogens is 1. The van der Waals surface area contributed by atoms with E-state index in [1.165, 1.54) is 7.11 Å². The van der Waals surface area contributed by atoms with Crippen molar-refractivity contribution in [1.29, 1.82) is 0 Å². The average Bonchev–Trinajstić information content (AvgIpc) is 2.32. The van der Waals surface area contributed by atoms with Crippen LogP contribution >= 0.6 is 0 Å². The maximum absolute atomic E-state index is 11.5. The molecule has 1 aromatic carbocycles. The zero-order valence-electron chi connectivity index (χ0n) is 10.9. The van der Waals surface area contributed by atoms with Crippen LogP contribution < -0.4 is 4.74 Å². The molecule has 0 fully saturated rings. The molecule has 0 unspecified atom stereocenters. The van der Waals surface area contributed by atoms with Gasteiger partial charge in [-0.2, -0.15) is 0 Å². The number of ether oxygens (including phenoxy) is 1. The number of carbonyl (C=O) groups is 1. The first-order valence-electron chi connectivity index (χ1n) is 5.65. The number of hydrogen-bond acceptors (Lipinski definition) is 3. The van der Waals surface area contributed by atoms with E-state index in [-0.39, 0.29) is 5.56 Å². The largest absolute Gasteiger partial charge is 0.494 e. The highest BCUT2D eigenvalue weighted by Crippen LogP contribution is 2.32. The van der Waals surface area contributed by atoms with Crippen LogP contribution in [0.4, 0.5) is 0 Å². The number of aromatic carboxylic acids is 1. The van der Waals surface area contributed by atoms with E-state index in [4.69, 9.17) is 4.74 Å². The second-order valence-corrected chi connectivity index (χ2v) is 4.33. The van der Waals surface area contributed by atoms with Gasteiger partial charge in [0.1, 0.15) is 5.56 Å². The van der Waals surface area contributed by atoms with Crippen LogP contribution in [0.2, 0.25) is 0 Å². The lowest BCUT2D eigenvalue weighted by molar-refractivity contribution is 0.0695. The molecule has 4 heteroatoms. The van der Waals surface area contributed by atoms with Crippen LogP contribution in [0.15, 0.2) is 12.1 Å². The lowest BCUT2D eigenvalue weighted by Crippen LogP contribution is -2.06. The van der Waals surface area contributed by atoms with Crippen molar-refractivity contribution in [2.24, 2.45) is 0 Å². The van der Waals surface area contributed by atoms with Crippen LogP contribution in [-0.2, 0) is 0 Å². The number of aryl methyl sites for hydroxylation is 3. The monoisotopic (exact) mass is 245 g/mol. The number of fused-ring (bicyclic) bond motifs is 1. The molecule has 0 atom stereocenters. The van der Waals surface area contributed by atoms with Gasteiger partial charge in [0.25, 0.3) is 0 Å². The van der Waals surface area contributed by atoms with Crippen molar-refractivity contribution in [3.63, 3.8) is 0 Å². The number of methoxy groups -OCH3 is 1. The predicted molar refractivity (Wildman–Crippen MR) is 69.5 cm³/mol. The molecule has 0 aliphatic carbocycles. The third-order valence-corrected chi connectivity index (χ3v) is 3.09. The molecule has 2 rings (SSSR count). The van der Waals surface area contributed by atoms with Gasteiger partial charge in [0.05, 0.1) is 18.3 Å². The van der Waals surface area contributed by atoms with Crippen molar-refractivity contribution in [2.45, 2.75) is 20.8 Å². The van der Waals surface area contributed by atoms with Gasteiger partial charge >= 0.3 is 5.97 Å². The molecule has 94 valence electrons. The summed E-state index contributed by atoms with van der Waals surface area (Å²) in [6.45, 7) is 5.56. The summed E-state index contributed by atoms with van der Waals surface area (Å²) in [5.41, 5.74) is 3.37. The lowest BCUT2D eigenvalue weighted by Gasteiger charge is -2.14. The molecule has 0 bridgehead atoms. The highest BCUT2D eigenvalue weighted by atomic mass is 16.5. The summed E-state index contributed by atoms with van der Waals surface area (Å²) in [5, 5.41) is 10.1. The van der Waals surface area contributed by atoms with E-state index in [0.717, 1.165) is 16.6 Å². The van der Waals surface area contributed by atoms with Crippen LogP contribution in [0.5, 0.6) is 5.75 Å². The van der Waals surface area contributed by atoms with E-state index in [0.29, 0.717) is 16.8 Å². The van der Waals surface area contributed by atoms with Gasteiger partial charge in [-0.25, -0.2) is 9.78 Å². The molecule has 0 saturated heterocycles. The summed E-state index contributed by atoms with van der Waals surface area (Å²) in [6, 6.07) is 3.85. The minimum Gasteiger partial charge on any atom is -0.494 e. The zero-order valence-corrected chi connectivity index (χ0v) is 10.9. The minimum absolute atomic E-state index is 0.196. The molecular weight excluding hydrogens is 230 g/mol. The Morgan fingerprint density at radius 1 is 1.22 bits per heavy atom. The Labute approximate surface area is 105 Å². The highest BCUT2D eigenvalue weighted by Gasteiger charge is 2.21. The number of benzene rings is 1. The minimum atomic E-state index is -0.990. The van der Waals surface area contributed by atoms with Crippen molar-refractivity contribution in [1.82, 2.24) is 4.98 Å². The Balaban J connectivity index is 3.06. The molecule has 18 heavy (non-hydrogen) atoms. The van der Waals surface area contributed by atoms with Gasteiger partial charge in [-0.1, -0.05) is 12.1 Å². The van der Waals surface area contributed by atoms with Gasteiger partial charge in [-0.3, -0.25) is 0 Å². The zero-order chi connectivity index (χ0) is 13.4. The summed E-state index contributed by atoms with van der Waals surface area (Å²) in [7, 11) is 1.47. The van der Waals surface area contributed by atoms with Crippen LogP contribution in [0.1, 0.15) is 27.2 Å². The van der Waals surface area contributed by atoms with Gasteiger partial charge in [0.15, 0.2) is 5.75 Å². The Hall–Kier alpha value is -2.10. The van der Waals surface area contributed by atoms with Crippen LogP contribution in [-0.4, -0.2) is 23.2 Å². The molecule has 0 radical (unpaired) electrons. The normalized spacial score (nSPS) is 10.7. The molecule has 4 nitrogen and oxygen atoms in total. The van der Waals surface area contributed by atoms with Crippen molar-refractivity contribution in [2.75, 3.05) is 7.11 Å². The summed E-state index contributed by atoms with van der Waals surface area (Å²) in [4.78, 5) is 16.0. The van der Waals surface area contributed by atoms with Gasteiger partial charge in [0, 0.05) is 5.39 Å². The van der Waals surface area contributed by atoms with Crippen LogP contribution in [0, 0.1) is 20.8 Å². The molecule has 1 heterocycles. The fraction of sp³-hybridized carbons (Fsp3) is 0.286. The fourth-order valence-corrected chi connectivity index (χ4v) is 2.22. The number of carboxylic acids is 1. The molecule has 0 amide bonds. The van der Waals surface area contributed by atoms with Gasteiger partial charge in [-0.15, -0.1) is 0 Å². The Bertz CT molecular complexity index is 647. The van der Waals surface area contributed by atoms with Gasteiger partial charge in [0.2, 0.25) is 0 Å². The molecular formula is C14H15NO3. The molecule has 0 aliphatic heterocycles. The van der Waals surface area contributed by atoms with E-state index in [2.05, 4.69) is 4.98 Å². The fourth-order valence-electron chi connectivity index (χ4n) is 2.22. The average molecular weight is 245 g/mol. The van der Waals surface area contributed by atoms with Gasteiger partial charge < -0.3 is 9.84 Å². The highest BCUT2D eigenvalue weighted by molar-refractivity contribution is 6.07. The Morgan fingerprint density at radius 3 is 2.39 bits per heavy atom. The molecule has 1 N–H and O–H groups in total. The molecule has 2 aromatic rings. The first kappa shape index (κ1) is 12.4. The summed E-state index contributed by atoms with van der Waals surface area (Å²) >= 11 is 0. The van der Waals surface area contributed by atoms with E-state index in [1.54, 1.807) is 6.92 Å². The Kier molecular flexibility index (Phi) is 2.95. The third-order valence-electron chi connectivity index (χ3n) is 3.09. The number of nitrogens with zero attached hydrogens (tertiary/aromatic N) is 1. The van der Waals surface area contributed by atoms with E-state index < -0.39 is 5.97 Å². The quantitative estimate of drug-likeness (QED) is 0.883. The van der Waals surface area contributed by atoms with Crippen molar-refractivity contribution < 1.29 is 14.6 Å². The first-order chi connectivity index (χ1) is 8.47. The van der Waals surface area contributed by atoms with E-state index in [9.17, 15) is 9.90 Å². The summed E-state index contributed by atoms with van der Waals surface area (Å²) in [5.74, 6) is -0.653. The summed E-state index contributed by atoms with van der Waals surface area (Å²) < 4.78 is 5.20. The number of rotatable bonds is 2. The lowest BCUT2D eigenvalue weighted by atomic mass is 9.99. The van der Waals surface area contributed by atoms with Crippen molar-refractivity contribution in [3.8, 4) is 5.75 Å². The second kappa shape index (κ2) is 4.29. The smallest absolute Gasteiger partial charge is 0.340 e. The third kappa shape index (κ3) is 1.70. The molecule has 0 spiro atoms. The van der Waals surface area contributed by atoms with Gasteiger partial charge in [-0.05, 0) is 31.9 Å². The second-order valence-electron chi connectivity index (χ2n) is 4.33. The standard InChI is InChI=1S/C14H15NO3/c1-7-5-6-8(2)12-10(7)11(14(16)17)13(18-4)9(3)15-12/h5-6H,1-4H3,(H,16,17). The first-order valence-corrected chi connectivity index (χ1v) is 5.65. The number of carboxylic acid groups (broad SMARTS) is 1. The molecule has 0 aliphatic rings. The maximum atomic E-state index is 11.5. The number of hydrogen-bond donors (Lipinski definition) is 1. The van der Waals surface area contributed by atoms with Crippen molar-refractivity contribution in [3.05, 3.63) is 34.5 Å². The predicted octanol–water partition coefficient (Wildman–Crippen LogP) is 2.87. The SMILES string of the molecule is COc1c(C)nc2c(C)ccc(C)c2c1C(=O)O. The maximum Gasteiger partial charge on any atom is 0.340 e. The Morgan fingerprint density at radius 2 is 1.83 bits per heavy atom. The molecule has 1 aromatic heterocycles. The van der Waals surface area contributed by atoms with E-state index in [1.807, 2.05) is 26.0 Å². The summed E-state index contributed by atoms with van der Waals surface area (Å²) in [6.07, 6.45) is 0. The molecule has 0 saturated carbocycles. The van der Waals surface area contributed by atoms with Crippen LogP contribution in [0.3, 0.4) is 0 Å². The van der Waals surface area contributed by atoms with Crippen LogP contribution in [0.25, 0.3) is 10.9 Å². The van der Waals surface area contributed by atoms with Crippen molar-refractivity contribution >= 4 is 16.9 Å².